The summed E-state index contributed by atoms with van der Waals surface area (Å²) in [5.74, 6) is 0.138. The van der Waals surface area contributed by atoms with Crippen LogP contribution in [0.1, 0.15) is 63.9 Å². The van der Waals surface area contributed by atoms with Gasteiger partial charge >= 0.3 is 0 Å². The van der Waals surface area contributed by atoms with Crippen LogP contribution in [-0.4, -0.2) is 6.61 Å². The monoisotopic (exact) mass is 397 g/mol. The molecule has 154 valence electrons. The SMILES string of the molecule is CCCCC[C@H]1CC[C@H](COc2ccc(-c3ccc(C#N)c(F)c3F)cc2)CC1. The molecule has 0 spiro atoms. The van der Waals surface area contributed by atoms with Crippen LogP contribution in [0, 0.1) is 34.8 Å². The number of nitriles is 1. The van der Waals surface area contributed by atoms with Gasteiger partial charge in [-0.25, -0.2) is 8.78 Å². The maximum absolute atomic E-state index is 14.2. The van der Waals surface area contributed by atoms with E-state index in [1.54, 1.807) is 30.3 Å². The molecular weight excluding hydrogens is 368 g/mol. The van der Waals surface area contributed by atoms with Crippen LogP contribution >= 0.6 is 0 Å². The molecule has 4 heteroatoms. The topological polar surface area (TPSA) is 33.0 Å². The molecule has 0 heterocycles. The first-order valence-electron chi connectivity index (χ1n) is 10.7. The predicted octanol–water partition coefficient (Wildman–Crippen LogP) is 7.27. The lowest BCUT2D eigenvalue weighted by Crippen LogP contribution is -2.20. The lowest BCUT2D eigenvalue weighted by molar-refractivity contribution is 0.177. The Bertz CT molecular complexity index is 833. The molecule has 1 fully saturated rings. The number of unbranched alkanes of at least 4 members (excludes halogenated alkanes) is 2. The minimum Gasteiger partial charge on any atom is -0.493 e. The molecule has 2 aromatic rings. The third kappa shape index (κ3) is 5.56. The first-order chi connectivity index (χ1) is 14.1. The van der Waals surface area contributed by atoms with Crippen molar-refractivity contribution in [2.24, 2.45) is 11.8 Å². The average molecular weight is 398 g/mol. The van der Waals surface area contributed by atoms with Gasteiger partial charge in [0, 0.05) is 5.56 Å². The molecule has 1 aliphatic rings. The number of hydrogen-bond donors (Lipinski definition) is 0. The summed E-state index contributed by atoms with van der Waals surface area (Å²) in [5, 5.41) is 8.80. The third-order valence-electron chi connectivity index (χ3n) is 6.04. The molecule has 1 saturated carbocycles. The van der Waals surface area contributed by atoms with E-state index in [1.807, 2.05) is 0 Å². The standard InChI is InChI=1S/C25H29F2NO/c1-2-3-4-5-18-6-8-19(9-7-18)17-29-22-13-10-20(11-14-22)23-15-12-21(16-28)24(26)25(23)27/h10-15,18-19H,2-9,17H2,1H3/t18-,19-. The zero-order valence-corrected chi connectivity index (χ0v) is 17.1. The number of ether oxygens (including phenoxy) is 1. The van der Waals surface area contributed by atoms with Crippen LogP contribution in [0.4, 0.5) is 8.78 Å². The molecule has 2 aromatic carbocycles. The van der Waals surface area contributed by atoms with Crippen LogP contribution in [0.3, 0.4) is 0 Å². The molecule has 2 nitrogen and oxygen atoms in total. The second kappa shape index (κ2) is 10.4. The minimum absolute atomic E-state index is 0.148. The molecular formula is C25H29F2NO. The second-order valence-electron chi connectivity index (χ2n) is 8.12. The predicted molar refractivity (Wildman–Crippen MR) is 112 cm³/mol. The second-order valence-corrected chi connectivity index (χ2v) is 8.12. The van der Waals surface area contributed by atoms with E-state index < -0.39 is 11.6 Å². The quantitative estimate of drug-likeness (QED) is 0.439. The highest BCUT2D eigenvalue weighted by Gasteiger charge is 2.21. The molecule has 0 unspecified atom stereocenters. The van der Waals surface area contributed by atoms with Crippen LogP contribution in [0.15, 0.2) is 36.4 Å². The highest BCUT2D eigenvalue weighted by molar-refractivity contribution is 5.66. The van der Waals surface area contributed by atoms with Crippen molar-refractivity contribution in [3.05, 3.63) is 53.6 Å². The highest BCUT2D eigenvalue weighted by Crippen LogP contribution is 2.33. The highest BCUT2D eigenvalue weighted by atomic mass is 19.2. The third-order valence-corrected chi connectivity index (χ3v) is 6.04. The molecule has 0 radical (unpaired) electrons. The number of benzene rings is 2. The van der Waals surface area contributed by atoms with E-state index >= 15 is 0 Å². The summed E-state index contributed by atoms with van der Waals surface area (Å²) in [7, 11) is 0. The van der Waals surface area contributed by atoms with Gasteiger partial charge < -0.3 is 4.74 Å². The first-order valence-corrected chi connectivity index (χ1v) is 10.7. The summed E-state index contributed by atoms with van der Waals surface area (Å²) >= 11 is 0. The fraction of sp³-hybridized carbons (Fsp3) is 0.480. The lowest BCUT2D eigenvalue weighted by Gasteiger charge is -2.28. The van der Waals surface area contributed by atoms with E-state index in [4.69, 9.17) is 10.00 Å². The molecule has 0 aromatic heterocycles. The molecule has 0 aliphatic heterocycles. The Morgan fingerprint density at radius 1 is 0.931 bits per heavy atom. The Balaban J connectivity index is 1.51. The van der Waals surface area contributed by atoms with Gasteiger partial charge in [-0.05, 0) is 54.5 Å². The van der Waals surface area contributed by atoms with Crippen molar-refractivity contribution < 1.29 is 13.5 Å². The van der Waals surface area contributed by atoms with E-state index in [0.717, 1.165) is 11.7 Å². The van der Waals surface area contributed by atoms with Gasteiger partial charge in [-0.3, -0.25) is 0 Å². The van der Waals surface area contributed by atoms with E-state index in [0.29, 0.717) is 18.1 Å². The van der Waals surface area contributed by atoms with Crippen molar-refractivity contribution in [3.63, 3.8) is 0 Å². The maximum Gasteiger partial charge on any atom is 0.177 e. The van der Waals surface area contributed by atoms with Crippen molar-refractivity contribution in [2.45, 2.75) is 58.3 Å². The number of hydrogen-bond acceptors (Lipinski definition) is 2. The Morgan fingerprint density at radius 2 is 1.62 bits per heavy atom. The number of nitrogens with zero attached hydrogens (tertiary/aromatic N) is 1. The van der Waals surface area contributed by atoms with Gasteiger partial charge in [-0.1, -0.05) is 57.6 Å². The van der Waals surface area contributed by atoms with Gasteiger partial charge in [0.25, 0.3) is 0 Å². The van der Waals surface area contributed by atoms with Gasteiger partial charge in [0.2, 0.25) is 0 Å². The summed E-state index contributed by atoms with van der Waals surface area (Å²) in [6, 6.07) is 11.4. The summed E-state index contributed by atoms with van der Waals surface area (Å²) < 4.78 is 34.0. The molecule has 3 rings (SSSR count). The van der Waals surface area contributed by atoms with Gasteiger partial charge in [-0.2, -0.15) is 5.26 Å². The molecule has 0 bridgehead atoms. The Hall–Kier alpha value is -2.41. The van der Waals surface area contributed by atoms with Gasteiger partial charge in [-0.15, -0.1) is 0 Å². The van der Waals surface area contributed by atoms with Crippen molar-refractivity contribution in [2.75, 3.05) is 6.61 Å². The van der Waals surface area contributed by atoms with Gasteiger partial charge in [0.15, 0.2) is 11.6 Å². The summed E-state index contributed by atoms with van der Waals surface area (Å²) in [5.41, 5.74) is 0.423. The zero-order chi connectivity index (χ0) is 20.6. The van der Waals surface area contributed by atoms with Crippen LogP contribution in [0.5, 0.6) is 5.75 Å². The van der Waals surface area contributed by atoms with E-state index in [1.165, 1.54) is 63.5 Å². The molecule has 0 amide bonds. The number of rotatable bonds is 8. The molecule has 29 heavy (non-hydrogen) atoms. The van der Waals surface area contributed by atoms with Crippen LogP contribution in [0.25, 0.3) is 11.1 Å². The normalized spacial score (nSPS) is 19.0. The van der Waals surface area contributed by atoms with Crippen molar-refractivity contribution in [3.8, 4) is 22.9 Å². The fourth-order valence-electron chi connectivity index (χ4n) is 4.17. The molecule has 0 atom stereocenters. The van der Waals surface area contributed by atoms with Crippen molar-refractivity contribution >= 4 is 0 Å². The van der Waals surface area contributed by atoms with Gasteiger partial charge in [0.05, 0.1) is 12.2 Å². The Morgan fingerprint density at radius 3 is 2.28 bits per heavy atom. The Labute approximate surface area is 172 Å². The van der Waals surface area contributed by atoms with E-state index in [9.17, 15) is 8.78 Å². The van der Waals surface area contributed by atoms with Crippen molar-refractivity contribution in [1.29, 1.82) is 5.26 Å². The van der Waals surface area contributed by atoms with Gasteiger partial charge in [0.1, 0.15) is 11.8 Å². The molecule has 1 aliphatic carbocycles. The largest absolute Gasteiger partial charge is 0.493 e. The summed E-state index contributed by atoms with van der Waals surface area (Å²) in [4.78, 5) is 0. The van der Waals surface area contributed by atoms with E-state index in [-0.39, 0.29) is 11.1 Å². The van der Waals surface area contributed by atoms with Crippen LogP contribution < -0.4 is 4.74 Å². The average Bonchev–Trinajstić information content (AvgIpc) is 2.76. The molecule has 0 N–H and O–H groups in total. The molecule has 0 saturated heterocycles. The zero-order valence-electron chi connectivity index (χ0n) is 17.1. The lowest BCUT2D eigenvalue weighted by atomic mass is 9.80. The first kappa shape index (κ1) is 21.3. The van der Waals surface area contributed by atoms with Crippen LogP contribution in [-0.2, 0) is 0 Å². The maximum atomic E-state index is 14.2. The van der Waals surface area contributed by atoms with Crippen LogP contribution in [0.2, 0.25) is 0 Å². The van der Waals surface area contributed by atoms with E-state index in [2.05, 4.69) is 6.92 Å². The fourth-order valence-corrected chi connectivity index (χ4v) is 4.17. The Kier molecular flexibility index (Phi) is 7.63. The summed E-state index contributed by atoms with van der Waals surface area (Å²) in [6.07, 6.45) is 10.4. The van der Waals surface area contributed by atoms with Crippen molar-refractivity contribution in [1.82, 2.24) is 0 Å². The minimum atomic E-state index is -1.10. The summed E-state index contributed by atoms with van der Waals surface area (Å²) in [6.45, 7) is 2.96. The smallest absolute Gasteiger partial charge is 0.177 e. The number of halogens is 2.